The zero-order chi connectivity index (χ0) is 24.9. The van der Waals surface area contributed by atoms with E-state index in [2.05, 4.69) is 33.1 Å². The second-order valence-corrected chi connectivity index (χ2v) is 11.9. The molecule has 4 heterocycles. The molecule has 39 heavy (non-hydrogen) atoms. The number of rotatable bonds is 8. The van der Waals surface area contributed by atoms with E-state index in [9.17, 15) is 4.79 Å². The van der Waals surface area contributed by atoms with E-state index >= 15 is 0 Å². The molecule has 0 atom stereocenters. The van der Waals surface area contributed by atoms with Crippen LogP contribution in [0.5, 0.6) is 0 Å². The molecule has 2 fully saturated rings. The molecular formula is C26H36Cl4N6OS2. The second-order valence-electron chi connectivity index (χ2n) is 9.21. The molecule has 216 valence electrons. The van der Waals surface area contributed by atoms with Gasteiger partial charge in [-0.2, -0.15) is 11.8 Å². The lowest BCUT2D eigenvalue weighted by molar-refractivity contribution is 0.0772. The lowest BCUT2D eigenvalue weighted by Gasteiger charge is -2.33. The Morgan fingerprint density at radius 2 is 1.74 bits per heavy atom. The molecule has 2 aromatic heterocycles. The molecule has 1 amide bonds. The van der Waals surface area contributed by atoms with E-state index in [1.54, 1.807) is 17.5 Å². The minimum Gasteiger partial charge on any atom is -0.354 e. The van der Waals surface area contributed by atoms with Crippen LogP contribution in [-0.4, -0.2) is 101 Å². The number of nitrogens with one attached hydrogen (secondary N) is 1. The topological polar surface area (TPSA) is 64.6 Å². The van der Waals surface area contributed by atoms with Gasteiger partial charge in [0.05, 0.1) is 16.1 Å². The molecule has 5 rings (SSSR count). The molecule has 2 aliphatic rings. The first-order valence-corrected chi connectivity index (χ1v) is 15.1. The molecule has 1 N–H and O–H groups in total. The average Bonchev–Trinajstić information content (AvgIpc) is 3.35. The number of hydrogen-bond acceptors (Lipinski definition) is 8. The maximum atomic E-state index is 12.9. The van der Waals surface area contributed by atoms with Crippen LogP contribution in [0.25, 0.3) is 20.7 Å². The lowest BCUT2D eigenvalue weighted by Crippen LogP contribution is -2.46. The fourth-order valence-corrected chi connectivity index (χ4v) is 6.94. The Labute approximate surface area is 262 Å². The summed E-state index contributed by atoms with van der Waals surface area (Å²) in [5, 5.41) is 4.99. The van der Waals surface area contributed by atoms with Crippen LogP contribution in [0.2, 0.25) is 5.02 Å². The lowest BCUT2D eigenvalue weighted by atomic mass is 10.1. The number of carbonyl (C=O) groups excluding carboxylic acids is 1. The van der Waals surface area contributed by atoms with Gasteiger partial charge in [-0.3, -0.25) is 4.79 Å². The van der Waals surface area contributed by atoms with Crippen molar-refractivity contribution in [3.63, 3.8) is 0 Å². The molecule has 0 aliphatic carbocycles. The molecule has 0 unspecified atom stereocenters. The largest absolute Gasteiger partial charge is 0.354 e. The van der Waals surface area contributed by atoms with Gasteiger partial charge in [-0.15, -0.1) is 48.6 Å². The van der Waals surface area contributed by atoms with Gasteiger partial charge in [-0.1, -0.05) is 24.6 Å². The monoisotopic (exact) mass is 652 g/mol. The highest BCUT2D eigenvalue weighted by molar-refractivity contribution is 7.99. The molecule has 0 radical (unpaired) electrons. The van der Waals surface area contributed by atoms with Gasteiger partial charge in [0.1, 0.15) is 5.69 Å². The SMILES string of the molecule is CCN1CCN(CCCNc2ncc(Cl)c(-c3cc4ccc(C(=O)N5CCSCC5)cc4s3)n2)CC1.Cl.Cl.Cl. The van der Waals surface area contributed by atoms with Crippen LogP contribution in [0.4, 0.5) is 5.95 Å². The van der Waals surface area contributed by atoms with Crippen LogP contribution in [0, 0.1) is 0 Å². The Morgan fingerprint density at radius 1 is 1.03 bits per heavy atom. The zero-order valence-electron chi connectivity index (χ0n) is 21.9. The van der Waals surface area contributed by atoms with Crippen molar-refractivity contribution in [1.29, 1.82) is 0 Å². The van der Waals surface area contributed by atoms with Crippen molar-refractivity contribution in [3.8, 4) is 10.6 Å². The predicted molar refractivity (Wildman–Crippen MR) is 174 cm³/mol. The number of halogens is 4. The van der Waals surface area contributed by atoms with Gasteiger partial charge in [0, 0.05) is 67.6 Å². The normalized spacial score (nSPS) is 16.2. The molecule has 3 aromatic rings. The minimum absolute atomic E-state index is 0. The van der Waals surface area contributed by atoms with E-state index in [1.807, 2.05) is 34.9 Å². The summed E-state index contributed by atoms with van der Waals surface area (Å²) in [4.78, 5) is 30.0. The summed E-state index contributed by atoms with van der Waals surface area (Å²) in [6.07, 6.45) is 2.72. The predicted octanol–water partition coefficient (Wildman–Crippen LogP) is 5.91. The van der Waals surface area contributed by atoms with Crippen LogP contribution >= 0.6 is 71.9 Å². The number of piperazine rings is 1. The number of fused-ring (bicyclic) bond motifs is 1. The molecule has 2 aliphatic heterocycles. The van der Waals surface area contributed by atoms with Crippen LogP contribution in [0.15, 0.2) is 30.5 Å². The van der Waals surface area contributed by atoms with Crippen molar-refractivity contribution in [2.75, 3.05) is 75.7 Å². The van der Waals surface area contributed by atoms with Crippen molar-refractivity contribution >= 4 is 93.9 Å². The summed E-state index contributed by atoms with van der Waals surface area (Å²) in [5.41, 5.74) is 1.47. The highest BCUT2D eigenvalue weighted by atomic mass is 35.5. The summed E-state index contributed by atoms with van der Waals surface area (Å²) in [6, 6.07) is 8.05. The van der Waals surface area contributed by atoms with E-state index in [1.165, 1.54) is 0 Å². The van der Waals surface area contributed by atoms with Crippen molar-refractivity contribution in [2.24, 2.45) is 0 Å². The Bertz CT molecular complexity index is 1200. The summed E-state index contributed by atoms with van der Waals surface area (Å²) in [6.45, 7) is 11.5. The van der Waals surface area contributed by atoms with Crippen LogP contribution in [-0.2, 0) is 0 Å². The smallest absolute Gasteiger partial charge is 0.253 e. The van der Waals surface area contributed by atoms with E-state index in [0.717, 1.165) is 103 Å². The van der Waals surface area contributed by atoms with Crippen molar-refractivity contribution < 1.29 is 4.79 Å². The number of anilines is 1. The van der Waals surface area contributed by atoms with Crippen molar-refractivity contribution in [2.45, 2.75) is 13.3 Å². The quantitative estimate of drug-likeness (QED) is 0.304. The Kier molecular flexibility index (Phi) is 14.4. The number of benzene rings is 1. The number of aromatic nitrogens is 2. The van der Waals surface area contributed by atoms with Gasteiger partial charge < -0.3 is 20.0 Å². The molecule has 0 saturated carbocycles. The standard InChI is InChI=1S/C26H33ClN6OS2.3ClH/c1-2-31-8-10-32(11-9-31)7-3-6-28-26-29-18-21(27)24(30-26)23-16-19-4-5-20(17-22(19)36-23)25(34)33-12-14-35-15-13-33;;;/h4-5,16-18H,2-3,6-15H2,1H3,(H,28,29,30);3*1H. The first kappa shape index (κ1) is 34.2. The molecule has 2 saturated heterocycles. The van der Waals surface area contributed by atoms with E-state index in [4.69, 9.17) is 16.6 Å². The maximum absolute atomic E-state index is 12.9. The molecular weight excluding hydrogens is 618 g/mol. The van der Waals surface area contributed by atoms with E-state index in [-0.39, 0.29) is 43.1 Å². The summed E-state index contributed by atoms with van der Waals surface area (Å²) in [7, 11) is 0. The van der Waals surface area contributed by atoms with Crippen molar-refractivity contribution in [3.05, 3.63) is 41.0 Å². The number of hydrogen-bond donors (Lipinski definition) is 1. The molecule has 13 heteroatoms. The third-order valence-electron chi connectivity index (χ3n) is 6.89. The summed E-state index contributed by atoms with van der Waals surface area (Å²) in [5.74, 6) is 2.73. The van der Waals surface area contributed by atoms with Gasteiger partial charge in [0.15, 0.2) is 0 Å². The Balaban J connectivity index is 0.00000178. The maximum Gasteiger partial charge on any atom is 0.253 e. The Morgan fingerprint density at radius 3 is 2.46 bits per heavy atom. The number of carbonyl (C=O) groups is 1. The molecule has 0 spiro atoms. The van der Waals surface area contributed by atoms with E-state index < -0.39 is 0 Å². The first-order chi connectivity index (χ1) is 17.6. The average molecular weight is 655 g/mol. The number of likely N-dealkylation sites (N-methyl/N-ethyl adjacent to an activating group) is 1. The van der Waals surface area contributed by atoms with Crippen LogP contribution < -0.4 is 5.32 Å². The number of thioether (sulfide) groups is 1. The highest BCUT2D eigenvalue weighted by Gasteiger charge is 2.20. The molecule has 7 nitrogen and oxygen atoms in total. The zero-order valence-corrected chi connectivity index (χ0v) is 26.8. The van der Waals surface area contributed by atoms with Crippen LogP contribution in [0.1, 0.15) is 23.7 Å². The third kappa shape index (κ3) is 8.72. The fourth-order valence-electron chi connectivity index (χ4n) is 4.69. The Hall–Kier alpha value is -1.04. The highest BCUT2D eigenvalue weighted by Crippen LogP contribution is 2.36. The van der Waals surface area contributed by atoms with Gasteiger partial charge >= 0.3 is 0 Å². The number of thiophene rings is 1. The van der Waals surface area contributed by atoms with Crippen LogP contribution in [0.3, 0.4) is 0 Å². The summed E-state index contributed by atoms with van der Waals surface area (Å²) < 4.78 is 1.06. The van der Waals surface area contributed by atoms with E-state index in [0.29, 0.717) is 11.0 Å². The number of nitrogens with zero attached hydrogens (tertiary/aromatic N) is 5. The first-order valence-electron chi connectivity index (χ1n) is 12.7. The van der Waals surface area contributed by atoms with Gasteiger partial charge in [0.2, 0.25) is 5.95 Å². The minimum atomic E-state index is 0. The van der Waals surface area contributed by atoms with Gasteiger partial charge in [0.25, 0.3) is 5.91 Å². The summed E-state index contributed by atoms with van der Waals surface area (Å²) >= 11 is 10.0. The number of amides is 1. The fraction of sp³-hybridized carbons (Fsp3) is 0.500. The molecule has 0 bridgehead atoms. The van der Waals surface area contributed by atoms with Gasteiger partial charge in [-0.05, 0) is 43.1 Å². The van der Waals surface area contributed by atoms with Gasteiger partial charge in [-0.25, -0.2) is 9.97 Å². The second kappa shape index (κ2) is 16.4. The molecule has 1 aromatic carbocycles. The van der Waals surface area contributed by atoms with Crippen molar-refractivity contribution in [1.82, 2.24) is 24.7 Å². The third-order valence-corrected chi connectivity index (χ3v) is 9.21.